The zero-order valence-electron chi connectivity index (χ0n) is 16.4. The van der Waals surface area contributed by atoms with Crippen molar-refractivity contribution >= 4 is 0 Å². The van der Waals surface area contributed by atoms with E-state index in [4.69, 9.17) is 4.74 Å². The summed E-state index contributed by atoms with van der Waals surface area (Å²) < 4.78 is 45.7. The number of benzene rings is 1. The lowest BCUT2D eigenvalue weighted by Crippen LogP contribution is -2.83. The van der Waals surface area contributed by atoms with E-state index in [1.165, 1.54) is 12.1 Å². The third-order valence-corrected chi connectivity index (χ3v) is 5.55. The molecule has 0 saturated carbocycles. The van der Waals surface area contributed by atoms with Crippen molar-refractivity contribution in [3.8, 4) is 0 Å². The predicted molar refractivity (Wildman–Crippen MR) is 102 cm³/mol. The molecular formula is C22H28F3N2O+. The fourth-order valence-corrected chi connectivity index (χ4v) is 4.25. The summed E-state index contributed by atoms with van der Waals surface area (Å²) in [6, 6.07) is 11.7. The van der Waals surface area contributed by atoms with E-state index in [9.17, 15) is 13.2 Å². The molecule has 1 aromatic carbocycles. The molecule has 0 unspecified atom stereocenters. The van der Waals surface area contributed by atoms with E-state index >= 15 is 0 Å². The summed E-state index contributed by atoms with van der Waals surface area (Å²) in [7, 11) is 0. The predicted octanol–water partition coefficient (Wildman–Crippen LogP) is 4.08. The van der Waals surface area contributed by atoms with E-state index in [1.54, 1.807) is 6.20 Å². The summed E-state index contributed by atoms with van der Waals surface area (Å²) >= 11 is 0. The molecule has 1 saturated heterocycles. The van der Waals surface area contributed by atoms with Crippen LogP contribution in [0.3, 0.4) is 0 Å². The van der Waals surface area contributed by atoms with Crippen molar-refractivity contribution < 1.29 is 23.2 Å². The van der Waals surface area contributed by atoms with E-state index in [0.717, 1.165) is 43.3 Å². The van der Waals surface area contributed by atoms with Crippen LogP contribution in [0.1, 0.15) is 49.9 Å². The maximum absolute atomic E-state index is 13.3. The molecule has 1 aliphatic heterocycles. The number of nitrogens with two attached hydrogens (primary N) is 1. The van der Waals surface area contributed by atoms with Crippen LogP contribution < -0.4 is 5.32 Å². The Morgan fingerprint density at radius 1 is 1.14 bits per heavy atom. The molecule has 0 aliphatic carbocycles. The van der Waals surface area contributed by atoms with Gasteiger partial charge in [0.15, 0.2) is 0 Å². The first kappa shape index (κ1) is 20.8. The number of rotatable bonds is 6. The van der Waals surface area contributed by atoms with Gasteiger partial charge in [-0.3, -0.25) is 4.98 Å². The molecule has 0 amide bonds. The third kappa shape index (κ3) is 5.11. The average molecular weight is 393 g/mol. The topological polar surface area (TPSA) is 38.7 Å². The highest BCUT2D eigenvalue weighted by molar-refractivity contribution is 5.33. The summed E-state index contributed by atoms with van der Waals surface area (Å²) in [5.41, 5.74) is 0.524. The second-order valence-electron chi connectivity index (χ2n) is 8.25. The van der Waals surface area contributed by atoms with Gasteiger partial charge in [0.2, 0.25) is 0 Å². The standard InChI is InChI=1S/C22H27F3N2O/c1-20(2)16-21(10-13-28-20,9-12-26-15-19-8-3-4-11-27-19)17-6-5-7-18(14-17)22(23,24)25/h3-8,11,14,26H,9-10,12-13,15-16H2,1-2H3/p+1/t21-/m1/s1. The number of hydrogen-bond acceptors (Lipinski definition) is 2. The molecule has 0 radical (unpaired) electrons. The minimum Gasteiger partial charge on any atom is -0.376 e. The Labute approximate surface area is 164 Å². The summed E-state index contributed by atoms with van der Waals surface area (Å²) in [4.78, 5) is 4.32. The minimum atomic E-state index is -4.33. The number of pyridine rings is 1. The molecule has 3 rings (SSSR count). The fraction of sp³-hybridized carbons (Fsp3) is 0.500. The zero-order chi connectivity index (χ0) is 20.3. The van der Waals surface area contributed by atoms with Gasteiger partial charge in [0, 0.05) is 24.6 Å². The third-order valence-electron chi connectivity index (χ3n) is 5.55. The number of halogens is 3. The summed E-state index contributed by atoms with van der Waals surface area (Å²) in [6.45, 7) is 6.18. The first-order valence-electron chi connectivity index (χ1n) is 9.74. The monoisotopic (exact) mass is 393 g/mol. The maximum atomic E-state index is 13.3. The van der Waals surface area contributed by atoms with Crippen LogP contribution in [0.2, 0.25) is 0 Å². The molecule has 152 valence electrons. The molecule has 2 aromatic rings. The summed E-state index contributed by atoms with van der Waals surface area (Å²) in [6.07, 6.45) is -0.320. The fourth-order valence-electron chi connectivity index (χ4n) is 4.25. The first-order chi connectivity index (χ1) is 13.2. The lowest BCUT2D eigenvalue weighted by atomic mass is 9.67. The van der Waals surface area contributed by atoms with Crippen LogP contribution in [0.25, 0.3) is 0 Å². The number of nitrogens with zero attached hydrogens (tertiary/aromatic N) is 1. The lowest BCUT2D eigenvalue weighted by molar-refractivity contribution is -0.672. The van der Waals surface area contributed by atoms with Gasteiger partial charge >= 0.3 is 6.18 Å². The Morgan fingerprint density at radius 3 is 2.64 bits per heavy atom. The van der Waals surface area contributed by atoms with E-state index in [-0.39, 0.29) is 11.0 Å². The van der Waals surface area contributed by atoms with Crippen LogP contribution in [0.15, 0.2) is 48.7 Å². The van der Waals surface area contributed by atoms with Gasteiger partial charge in [-0.15, -0.1) is 0 Å². The van der Waals surface area contributed by atoms with Crippen molar-refractivity contribution in [1.82, 2.24) is 4.98 Å². The first-order valence-corrected chi connectivity index (χ1v) is 9.74. The highest BCUT2D eigenvalue weighted by atomic mass is 19.4. The second kappa shape index (κ2) is 8.21. The highest BCUT2D eigenvalue weighted by Gasteiger charge is 2.43. The van der Waals surface area contributed by atoms with Crippen molar-refractivity contribution in [3.05, 3.63) is 65.5 Å². The van der Waals surface area contributed by atoms with Crippen molar-refractivity contribution in [2.24, 2.45) is 0 Å². The van der Waals surface area contributed by atoms with Crippen molar-refractivity contribution in [3.63, 3.8) is 0 Å². The second-order valence-corrected chi connectivity index (χ2v) is 8.25. The van der Waals surface area contributed by atoms with E-state index in [1.807, 2.05) is 38.1 Å². The van der Waals surface area contributed by atoms with E-state index in [2.05, 4.69) is 10.3 Å². The van der Waals surface area contributed by atoms with Gasteiger partial charge in [0.25, 0.3) is 0 Å². The Balaban J connectivity index is 1.78. The van der Waals surface area contributed by atoms with Gasteiger partial charge in [0.05, 0.1) is 23.4 Å². The molecule has 6 heteroatoms. The number of quaternary nitrogens is 1. The molecule has 2 heterocycles. The number of alkyl halides is 3. The average Bonchev–Trinajstić information content (AvgIpc) is 2.65. The maximum Gasteiger partial charge on any atom is 0.416 e. The van der Waals surface area contributed by atoms with Crippen LogP contribution in [0.5, 0.6) is 0 Å². The minimum absolute atomic E-state index is 0.316. The van der Waals surface area contributed by atoms with E-state index in [0.29, 0.717) is 13.0 Å². The zero-order valence-corrected chi connectivity index (χ0v) is 16.4. The van der Waals surface area contributed by atoms with Gasteiger partial charge in [0.1, 0.15) is 6.54 Å². The van der Waals surface area contributed by atoms with Crippen LogP contribution >= 0.6 is 0 Å². The Hall–Kier alpha value is -1.92. The van der Waals surface area contributed by atoms with Crippen LogP contribution in [-0.4, -0.2) is 23.7 Å². The van der Waals surface area contributed by atoms with Crippen molar-refractivity contribution in [1.29, 1.82) is 0 Å². The lowest BCUT2D eigenvalue weighted by Gasteiger charge is -2.45. The quantitative estimate of drug-likeness (QED) is 0.751. The van der Waals surface area contributed by atoms with Crippen molar-refractivity contribution in [2.45, 2.75) is 56.8 Å². The molecular weight excluding hydrogens is 365 g/mol. The molecule has 1 aromatic heterocycles. The largest absolute Gasteiger partial charge is 0.416 e. The van der Waals surface area contributed by atoms with Crippen LogP contribution in [-0.2, 0) is 22.9 Å². The Bertz CT molecular complexity index is 777. The number of aromatic nitrogens is 1. The molecule has 28 heavy (non-hydrogen) atoms. The number of ether oxygens (including phenoxy) is 1. The van der Waals surface area contributed by atoms with E-state index < -0.39 is 11.7 Å². The molecule has 3 nitrogen and oxygen atoms in total. The molecule has 2 N–H and O–H groups in total. The van der Waals surface area contributed by atoms with Gasteiger partial charge in [-0.05, 0) is 50.5 Å². The van der Waals surface area contributed by atoms with Crippen LogP contribution in [0, 0.1) is 0 Å². The van der Waals surface area contributed by atoms with Crippen molar-refractivity contribution in [2.75, 3.05) is 13.2 Å². The number of hydrogen-bond donors (Lipinski definition) is 1. The molecule has 1 fully saturated rings. The molecule has 1 aliphatic rings. The Kier molecular flexibility index (Phi) is 6.10. The smallest absolute Gasteiger partial charge is 0.376 e. The van der Waals surface area contributed by atoms with Gasteiger partial charge in [-0.2, -0.15) is 13.2 Å². The normalized spacial score (nSPS) is 22.2. The summed E-state index contributed by atoms with van der Waals surface area (Å²) in [5.74, 6) is 0. The molecule has 0 bridgehead atoms. The van der Waals surface area contributed by atoms with Gasteiger partial charge in [-0.1, -0.05) is 24.3 Å². The summed E-state index contributed by atoms with van der Waals surface area (Å²) in [5, 5.41) is 2.18. The molecule has 0 spiro atoms. The highest BCUT2D eigenvalue weighted by Crippen LogP contribution is 2.44. The van der Waals surface area contributed by atoms with Gasteiger partial charge in [-0.25, -0.2) is 0 Å². The van der Waals surface area contributed by atoms with Gasteiger partial charge < -0.3 is 10.1 Å². The molecule has 1 atom stereocenters. The Morgan fingerprint density at radius 2 is 1.96 bits per heavy atom. The van der Waals surface area contributed by atoms with Crippen LogP contribution in [0.4, 0.5) is 13.2 Å². The SMILES string of the molecule is CC1(C)C[C@](CC[NH2+]Cc2ccccn2)(c2cccc(C(F)(F)F)c2)CCO1.